The number of nitrogens with zero attached hydrogens (tertiary/aromatic N) is 2. The van der Waals surface area contributed by atoms with E-state index in [9.17, 15) is 27.2 Å². The van der Waals surface area contributed by atoms with Gasteiger partial charge in [0.05, 0.1) is 5.25 Å². The molecule has 1 aromatic carbocycles. The lowest BCUT2D eigenvalue weighted by Gasteiger charge is -2.43. The van der Waals surface area contributed by atoms with Crippen LogP contribution in [0.3, 0.4) is 0 Å². The summed E-state index contributed by atoms with van der Waals surface area (Å²) in [6.07, 6.45) is 0.937. The van der Waals surface area contributed by atoms with E-state index >= 15 is 0 Å². The standard InChI is InChI=1S/C21H19F4N3O2S2/c1-10(20(30)26-19-17(24)13(22)6-14(23)18(19)25)32-21(31)27-7-11-5-12(9-27)15-3-2-4-16(29)28(15)8-11/h2-4,6,10-12H,5,7-9H2,1H3,(H,26,30)/t10-,11-,12+/m1/s1. The molecule has 2 aromatic rings. The van der Waals surface area contributed by atoms with Gasteiger partial charge in [-0.25, -0.2) is 17.6 Å². The van der Waals surface area contributed by atoms with Crippen LogP contribution in [0.2, 0.25) is 0 Å². The summed E-state index contributed by atoms with van der Waals surface area (Å²) in [4.78, 5) is 26.5. The van der Waals surface area contributed by atoms with Crippen molar-refractivity contribution in [2.24, 2.45) is 5.92 Å². The van der Waals surface area contributed by atoms with Crippen molar-refractivity contribution in [1.29, 1.82) is 0 Å². The molecule has 0 spiro atoms. The zero-order chi connectivity index (χ0) is 23.2. The normalized spacial score (nSPS) is 20.5. The van der Waals surface area contributed by atoms with Gasteiger partial charge in [0.25, 0.3) is 5.56 Å². The Bertz CT molecular complexity index is 1130. The number of fused-ring (bicyclic) bond motifs is 4. The zero-order valence-electron chi connectivity index (χ0n) is 16.9. The van der Waals surface area contributed by atoms with Gasteiger partial charge < -0.3 is 14.8 Å². The van der Waals surface area contributed by atoms with Crippen LogP contribution in [0.5, 0.6) is 0 Å². The Kier molecular flexibility index (Phi) is 6.30. The van der Waals surface area contributed by atoms with Crippen LogP contribution in [-0.4, -0.2) is 38.0 Å². The number of likely N-dealkylation sites (tertiary alicyclic amines) is 1. The van der Waals surface area contributed by atoms with Gasteiger partial charge in [0.1, 0.15) is 10.0 Å². The predicted octanol–water partition coefficient (Wildman–Crippen LogP) is 3.87. The second-order valence-corrected chi connectivity index (χ2v) is 9.94. The van der Waals surface area contributed by atoms with Crippen LogP contribution in [0.25, 0.3) is 0 Å². The van der Waals surface area contributed by atoms with Gasteiger partial charge in [0.15, 0.2) is 23.3 Å². The maximum atomic E-state index is 13.8. The highest BCUT2D eigenvalue weighted by Gasteiger charge is 2.36. The summed E-state index contributed by atoms with van der Waals surface area (Å²) in [6, 6.07) is 5.28. The summed E-state index contributed by atoms with van der Waals surface area (Å²) in [6.45, 7) is 3.28. The van der Waals surface area contributed by atoms with Gasteiger partial charge in [-0.15, -0.1) is 0 Å². The van der Waals surface area contributed by atoms with E-state index in [2.05, 4.69) is 0 Å². The van der Waals surface area contributed by atoms with Crippen LogP contribution in [0.4, 0.5) is 23.2 Å². The predicted molar refractivity (Wildman–Crippen MR) is 118 cm³/mol. The smallest absolute Gasteiger partial charge is 0.250 e. The SMILES string of the molecule is C[C@@H](SC(=S)N1C[C@H]2C[C@@H](C1)c1cccc(=O)n1C2)C(=O)Nc1c(F)c(F)cc(F)c1F. The van der Waals surface area contributed by atoms with Gasteiger partial charge in [0, 0.05) is 43.4 Å². The van der Waals surface area contributed by atoms with Crippen LogP contribution < -0.4 is 10.9 Å². The van der Waals surface area contributed by atoms with Crippen molar-refractivity contribution in [3.8, 4) is 0 Å². The Labute approximate surface area is 190 Å². The van der Waals surface area contributed by atoms with E-state index in [1.54, 1.807) is 16.7 Å². The van der Waals surface area contributed by atoms with E-state index in [-0.39, 0.29) is 23.5 Å². The molecule has 3 atom stereocenters. The van der Waals surface area contributed by atoms with Crippen LogP contribution in [0.15, 0.2) is 29.1 Å². The third-order valence-corrected chi connectivity index (χ3v) is 7.32. The Morgan fingerprint density at radius 2 is 1.84 bits per heavy atom. The van der Waals surface area contributed by atoms with Gasteiger partial charge >= 0.3 is 0 Å². The molecule has 2 aliphatic rings. The molecule has 0 aliphatic carbocycles. The molecule has 1 saturated heterocycles. The van der Waals surface area contributed by atoms with Gasteiger partial charge in [-0.05, 0) is 25.3 Å². The van der Waals surface area contributed by atoms with Gasteiger partial charge in [-0.2, -0.15) is 0 Å². The molecule has 2 bridgehead atoms. The van der Waals surface area contributed by atoms with Crippen molar-refractivity contribution < 1.29 is 22.4 Å². The third kappa shape index (κ3) is 4.27. The number of anilines is 1. The lowest BCUT2D eigenvalue weighted by molar-refractivity contribution is -0.115. The van der Waals surface area contributed by atoms with Gasteiger partial charge in [-0.1, -0.05) is 30.0 Å². The van der Waals surface area contributed by atoms with E-state index in [4.69, 9.17) is 12.2 Å². The molecular formula is C21H19F4N3O2S2. The number of rotatable bonds is 3. The Morgan fingerprint density at radius 3 is 2.53 bits per heavy atom. The fourth-order valence-electron chi connectivity index (χ4n) is 4.23. The average molecular weight is 486 g/mol. The molecule has 32 heavy (non-hydrogen) atoms. The largest absolute Gasteiger partial charge is 0.356 e. The highest BCUT2D eigenvalue weighted by molar-refractivity contribution is 8.23. The van der Waals surface area contributed by atoms with E-state index in [0.29, 0.717) is 24.0 Å². The molecule has 1 N–H and O–H groups in total. The number of carbonyl (C=O) groups excluding carboxylic acids is 1. The molecule has 0 saturated carbocycles. The number of piperidine rings is 1. The van der Waals surface area contributed by atoms with E-state index in [1.807, 2.05) is 16.3 Å². The van der Waals surface area contributed by atoms with Crippen molar-refractivity contribution in [3.63, 3.8) is 0 Å². The van der Waals surface area contributed by atoms with E-state index in [0.717, 1.165) is 23.9 Å². The summed E-state index contributed by atoms with van der Waals surface area (Å²) in [5.74, 6) is -7.04. The second-order valence-electron chi connectivity index (χ2n) is 7.96. The van der Waals surface area contributed by atoms with Gasteiger partial charge in [0.2, 0.25) is 5.91 Å². The van der Waals surface area contributed by atoms with E-state index in [1.165, 1.54) is 6.92 Å². The number of nitrogens with one attached hydrogen (secondary N) is 1. The number of carbonyl (C=O) groups is 1. The molecular weight excluding hydrogens is 466 g/mol. The maximum Gasteiger partial charge on any atom is 0.250 e. The highest BCUT2D eigenvalue weighted by atomic mass is 32.2. The number of halogens is 4. The lowest BCUT2D eigenvalue weighted by atomic mass is 9.83. The van der Waals surface area contributed by atoms with Crippen LogP contribution in [0, 0.1) is 29.2 Å². The average Bonchev–Trinajstić information content (AvgIpc) is 2.75. The zero-order valence-corrected chi connectivity index (χ0v) is 18.5. The summed E-state index contributed by atoms with van der Waals surface area (Å²) < 4.78 is 56.7. The Morgan fingerprint density at radius 1 is 1.16 bits per heavy atom. The number of hydrogen-bond acceptors (Lipinski definition) is 4. The fourth-order valence-corrected chi connectivity index (χ4v) is 5.58. The number of benzene rings is 1. The van der Waals surface area contributed by atoms with Crippen LogP contribution in [-0.2, 0) is 11.3 Å². The Balaban J connectivity index is 1.43. The summed E-state index contributed by atoms with van der Waals surface area (Å²) in [7, 11) is 0. The molecule has 1 fully saturated rings. The second kappa shape index (κ2) is 8.86. The van der Waals surface area contributed by atoms with Crippen molar-refractivity contribution in [2.75, 3.05) is 18.4 Å². The van der Waals surface area contributed by atoms with Crippen molar-refractivity contribution in [2.45, 2.75) is 31.1 Å². The number of thioether (sulfide) groups is 1. The highest BCUT2D eigenvalue weighted by Crippen LogP contribution is 2.36. The first-order chi connectivity index (χ1) is 15.2. The minimum absolute atomic E-state index is 0.0267. The van der Waals surface area contributed by atoms with E-state index < -0.39 is 40.1 Å². The van der Waals surface area contributed by atoms with Crippen molar-refractivity contribution >= 4 is 39.9 Å². The molecule has 0 unspecified atom stereocenters. The third-order valence-electron chi connectivity index (χ3n) is 5.74. The first-order valence-corrected chi connectivity index (χ1v) is 11.2. The molecule has 5 nitrogen and oxygen atoms in total. The number of pyridine rings is 1. The number of aromatic nitrogens is 1. The molecule has 2 aliphatic heterocycles. The monoisotopic (exact) mass is 485 g/mol. The van der Waals surface area contributed by atoms with Gasteiger partial charge in [-0.3, -0.25) is 9.59 Å². The van der Waals surface area contributed by atoms with Crippen LogP contribution >= 0.6 is 24.0 Å². The van der Waals surface area contributed by atoms with Crippen LogP contribution in [0.1, 0.15) is 25.0 Å². The first-order valence-electron chi connectivity index (χ1n) is 9.94. The Hall–Kier alpha value is -2.40. The quantitative estimate of drug-likeness (QED) is 0.407. The number of hydrogen-bond donors (Lipinski definition) is 1. The molecule has 11 heteroatoms. The van der Waals surface area contributed by atoms with Crippen molar-refractivity contribution in [1.82, 2.24) is 9.47 Å². The minimum Gasteiger partial charge on any atom is -0.356 e. The maximum absolute atomic E-state index is 13.8. The minimum atomic E-state index is -1.67. The summed E-state index contributed by atoms with van der Waals surface area (Å²) in [5, 5.41) is 1.05. The first kappa shape index (κ1) is 22.8. The molecule has 170 valence electrons. The molecule has 1 amide bonds. The molecule has 0 radical (unpaired) electrons. The lowest BCUT2D eigenvalue weighted by Crippen LogP contribution is -2.48. The summed E-state index contributed by atoms with van der Waals surface area (Å²) >= 11 is 6.52. The number of amides is 1. The fraction of sp³-hybridized carbons (Fsp3) is 0.381. The molecule has 1 aromatic heterocycles. The van der Waals surface area contributed by atoms with Crippen molar-refractivity contribution in [3.05, 3.63) is 63.6 Å². The molecule has 4 rings (SSSR count). The summed E-state index contributed by atoms with van der Waals surface area (Å²) in [5.41, 5.74) is -0.238. The molecule has 3 heterocycles. The number of thiocarbonyl (C=S) groups is 1. The topological polar surface area (TPSA) is 54.3 Å².